The third kappa shape index (κ3) is 3.50. The van der Waals surface area contributed by atoms with Gasteiger partial charge in [-0.25, -0.2) is 0 Å². The Hall–Kier alpha value is -1.03. The summed E-state index contributed by atoms with van der Waals surface area (Å²) in [5.41, 5.74) is 7.19. The first kappa shape index (κ1) is 16.0. The summed E-state index contributed by atoms with van der Waals surface area (Å²) in [6.07, 6.45) is 0.987. The fourth-order valence-corrected chi connectivity index (χ4v) is 2.46. The van der Waals surface area contributed by atoms with E-state index >= 15 is 0 Å². The van der Waals surface area contributed by atoms with Crippen LogP contribution in [0, 0.1) is 27.7 Å². The second kappa shape index (κ2) is 6.94. The van der Waals surface area contributed by atoms with Gasteiger partial charge in [0.1, 0.15) is 5.75 Å². The SMILES string of the molecule is Cc1c(C)c(CCOc2ccccc2)[c-](C)c1C.[Li+]. The second-order valence-corrected chi connectivity index (χ2v) is 4.89. The van der Waals surface area contributed by atoms with Crippen LogP contribution in [0.2, 0.25) is 0 Å². The molecule has 0 atom stereocenters. The number of ether oxygens (including phenoxy) is 1. The van der Waals surface area contributed by atoms with Crippen molar-refractivity contribution in [2.45, 2.75) is 34.1 Å². The van der Waals surface area contributed by atoms with Gasteiger partial charge in [-0.2, -0.15) is 27.8 Å². The zero-order chi connectivity index (χ0) is 13.1. The van der Waals surface area contributed by atoms with Crippen LogP contribution in [0.1, 0.15) is 27.8 Å². The number of hydrogen-bond donors (Lipinski definition) is 0. The maximum absolute atomic E-state index is 5.77. The molecule has 0 N–H and O–H groups in total. The summed E-state index contributed by atoms with van der Waals surface area (Å²) in [7, 11) is 0. The van der Waals surface area contributed by atoms with Gasteiger partial charge in [-0.15, -0.1) is 0 Å². The maximum atomic E-state index is 5.77. The Kier molecular flexibility index (Phi) is 5.85. The number of para-hydroxylation sites is 1. The van der Waals surface area contributed by atoms with Crippen LogP contribution in [-0.4, -0.2) is 6.61 Å². The molecule has 0 fully saturated rings. The first-order valence-electron chi connectivity index (χ1n) is 6.51. The van der Waals surface area contributed by atoms with Gasteiger partial charge in [0, 0.05) is 0 Å². The Morgan fingerprint density at radius 3 is 2.16 bits per heavy atom. The van der Waals surface area contributed by atoms with Gasteiger partial charge in [0.15, 0.2) is 0 Å². The van der Waals surface area contributed by atoms with E-state index in [1.807, 2.05) is 30.3 Å². The van der Waals surface area contributed by atoms with E-state index in [0.29, 0.717) is 0 Å². The van der Waals surface area contributed by atoms with E-state index in [9.17, 15) is 0 Å². The molecule has 1 nitrogen and oxygen atoms in total. The molecule has 0 spiro atoms. The van der Waals surface area contributed by atoms with E-state index < -0.39 is 0 Å². The standard InChI is InChI=1S/C17H21O.Li/c1-12-13(2)15(4)17(14(12)3)10-11-18-16-8-6-5-7-9-16;/h5-9H,10-11H2,1-4H3;/q-1;+1. The summed E-state index contributed by atoms with van der Waals surface area (Å²) in [6.45, 7) is 9.59. The first-order chi connectivity index (χ1) is 8.61. The average Bonchev–Trinajstić information content (AvgIpc) is 2.57. The van der Waals surface area contributed by atoms with Crippen LogP contribution in [0.25, 0.3) is 0 Å². The molecule has 0 unspecified atom stereocenters. The van der Waals surface area contributed by atoms with E-state index in [1.54, 1.807) is 0 Å². The molecule has 0 radical (unpaired) electrons. The van der Waals surface area contributed by atoms with E-state index in [-0.39, 0.29) is 18.9 Å². The fourth-order valence-electron chi connectivity index (χ4n) is 2.46. The maximum Gasteiger partial charge on any atom is 1.00 e. The largest absolute Gasteiger partial charge is 1.00 e. The number of rotatable bonds is 4. The molecule has 2 heteroatoms. The molecular weight excluding hydrogens is 227 g/mol. The summed E-state index contributed by atoms with van der Waals surface area (Å²) in [5, 5.41) is 0. The zero-order valence-electron chi connectivity index (χ0n) is 12.7. The Labute approximate surface area is 128 Å². The van der Waals surface area contributed by atoms with Crippen molar-refractivity contribution >= 4 is 0 Å². The molecular formula is C17H21LiO. The molecule has 2 aromatic carbocycles. The third-order valence-electron chi connectivity index (χ3n) is 3.96. The first-order valence-corrected chi connectivity index (χ1v) is 6.51. The molecule has 0 amide bonds. The van der Waals surface area contributed by atoms with Gasteiger partial charge in [0.05, 0.1) is 6.61 Å². The quantitative estimate of drug-likeness (QED) is 0.585. The number of benzene rings is 1. The molecule has 0 aromatic heterocycles. The minimum absolute atomic E-state index is 0. The molecule has 0 aliphatic heterocycles. The molecule has 0 saturated heterocycles. The molecule has 19 heavy (non-hydrogen) atoms. The fraction of sp³-hybridized carbons (Fsp3) is 0.353. The van der Waals surface area contributed by atoms with Crippen LogP contribution < -0.4 is 23.6 Å². The Morgan fingerprint density at radius 2 is 1.63 bits per heavy atom. The Morgan fingerprint density at radius 1 is 1.00 bits per heavy atom. The van der Waals surface area contributed by atoms with E-state index in [0.717, 1.165) is 18.8 Å². The summed E-state index contributed by atoms with van der Waals surface area (Å²) < 4.78 is 5.77. The molecule has 0 bridgehead atoms. The van der Waals surface area contributed by atoms with Gasteiger partial charge in [-0.05, 0) is 18.6 Å². The van der Waals surface area contributed by atoms with Crippen molar-refractivity contribution in [2.75, 3.05) is 6.61 Å². The average molecular weight is 248 g/mol. The van der Waals surface area contributed by atoms with Crippen LogP contribution >= 0.6 is 0 Å². The van der Waals surface area contributed by atoms with Crippen molar-refractivity contribution in [1.29, 1.82) is 0 Å². The van der Waals surface area contributed by atoms with Gasteiger partial charge < -0.3 is 4.74 Å². The summed E-state index contributed by atoms with van der Waals surface area (Å²) in [4.78, 5) is 0. The van der Waals surface area contributed by atoms with Crippen LogP contribution in [0.4, 0.5) is 0 Å². The molecule has 0 saturated carbocycles. The van der Waals surface area contributed by atoms with Crippen LogP contribution in [0.3, 0.4) is 0 Å². The van der Waals surface area contributed by atoms with Crippen molar-refractivity contribution in [1.82, 2.24) is 0 Å². The molecule has 96 valence electrons. The summed E-state index contributed by atoms with van der Waals surface area (Å²) in [6, 6.07) is 10.0. The molecule has 0 aliphatic rings. The van der Waals surface area contributed by atoms with Crippen molar-refractivity contribution in [2.24, 2.45) is 0 Å². The third-order valence-corrected chi connectivity index (χ3v) is 3.96. The van der Waals surface area contributed by atoms with E-state index in [2.05, 4.69) is 27.7 Å². The van der Waals surface area contributed by atoms with Crippen molar-refractivity contribution in [3.05, 3.63) is 58.1 Å². The van der Waals surface area contributed by atoms with E-state index in [1.165, 1.54) is 27.8 Å². The van der Waals surface area contributed by atoms with Crippen LogP contribution in [0.5, 0.6) is 5.75 Å². The van der Waals surface area contributed by atoms with Crippen molar-refractivity contribution in [3.63, 3.8) is 0 Å². The van der Waals surface area contributed by atoms with Gasteiger partial charge >= 0.3 is 18.9 Å². The van der Waals surface area contributed by atoms with Crippen molar-refractivity contribution < 1.29 is 23.6 Å². The molecule has 0 heterocycles. The smallest absolute Gasteiger partial charge is 0.493 e. The predicted octanol–water partition coefficient (Wildman–Crippen LogP) is 1.26. The zero-order valence-corrected chi connectivity index (χ0v) is 12.7. The summed E-state index contributed by atoms with van der Waals surface area (Å²) in [5.74, 6) is 0.952. The van der Waals surface area contributed by atoms with Gasteiger partial charge in [-0.1, -0.05) is 45.9 Å². The van der Waals surface area contributed by atoms with Crippen LogP contribution in [-0.2, 0) is 6.42 Å². The van der Waals surface area contributed by atoms with Crippen LogP contribution in [0.15, 0.2) is 30.3 Å². The minimum atomic E-state index is 0. The molecule has 2 aromatic rings. The second-order valence-electron chi connectivity index (χ2n) is 4.89. The Bertz CT molecular complexity index is 500. The monoisotopic (exact) mass is 248 g/mol. The normalized spacial score (nSPS) is 10.1. The van der Waals surface area contributed by atoms with Gasteiger partial charge in [0.25, 0.3) is 0 Å². The van der Waals surface area contributed by atoms with Gasteiger partial charge in [-0.3, -0.25) is 0 Å². The van der Waals surface area contributed by atoms with E-state index in [4.69, 9.17) is 4.74 Å². The van der Waals surface area contributed by atoms with Gasteiger partial charge in [0.2, 0.25) is 0 Å². The Balaban J connectivity index is 0.00000180. The predicted molar refractivity (Wildman–Crippen MR) is 76.6 cm³/mol. The topological polar surface area (TPSA) is 9.23 Å². The minimum Gasteiger partial charge on any atom is -0.493 e. The number of hydrogen-bond acceptors (Lipinski definition) is 1. The summed E-state index contributed by atoms with van der Waals surface area (Å²) >= 11 is 0. The molecule has 2 rings (SSSR count). The molecule has 0 aliphatic carbocycles. The van der Waals surface area contributed by atoms with Crippen molar-refractivity contribution in [3.8, 4) is 5.75 Å².